The number of hydrogen-bond acceptors (Lipinski definition) is 7. The van der Waals surface area contributed by atoms with Crippen LogP contribution in [0.2, 0.25) is 0 Å². The normalized spacial score (nSPS) is 10.5. The number of aromatic nitrogens is 3. The standard InChI is InChI=1S/C22H26N6O2S/c1-14-11-15(2)26-21(25-14)23-10-4-5-20(30)28-22-27-19(13-31-22)18-8-6-17(7-9-18)12-24-16(3)29/h6-9,11,13H,4-5,10,12H2,1-3H3,(H,24,29)(H,23,25,26)(H,27,28,30). The number of carbonyl (C=O) groups is 2. The van der Waals surface area contributed by atoms with Crippen molar-refractivity contribution in [1.82, 2.24) is 20.3 Å². The third-order valence-corrected chi connectivity index (χ3v) is 5.15. The predicted molar refractivity (Wildman–Crippen MR) is 123 cm³/mol. The number of hydrogen-bond donors (Lipinski definition) is 3. The number of carbonyl (C=O) groups excluding carboxylic acids is 2. The lowest BCUT2D eigenvalue weighted by molar-refractivity contribution is -0.119. The van der Waals surface area contributed by atoms with Gasteiger partial charge < -0.3 is 16.0 Å². The molecule has 2 aromatic heterocycles. The van der Waals surface area contributed by atoms with Crippen LogP contribution < -0.4 is 16.0 Å². The highest BCUT2D eigenvalue weighted by Crippen LogP contribution is 2.25. The van der Waals surface area contributed by atoms with Crippen molar-refractivity contribution in [3.8, 4) is 11.3 Å². The first kappa shape index (κ1) is 22.4. The van der Waals surface area contributed by atoms with Gasteiger partial charge in [0.2, 0.25) is 17.8 Å². The summed E-state index contributed by atoms with van der Waals surface area (Å²) >= 11 is 1.39. The zero-order valence-corrected chi connectivity index (χ0v) is 18.7. The molecule has 0 aliphatic heterocycles. The molecule has 0 atom stereocenters. The fraction of sp³-hybridized carbons (Fsp3) is 0.318. The van der Waals surface area contributed by atoms with Gasteiger partial charge in [-0.3, -0.25) is 9.59 Å². The maximum absolute atomic E-state index is 12.2. The van der Waals surface area contributed by atoms with Gasteiger partial charge in [0.15, 0.2) is 5.13 Å². The van der Waals surface area contributed by atoms with E-state index < -0.39 is 0 Å². The fourth-order valence-corrected chi connectivity index (χ4v) is 3.66. The Morgan fingerprint density at radius 1 is 1.03 bits per heavy atom. The molecule has 0 fully saturated rings. The summed E-state index contributed by atoms with van der Waals surface area (Å²) in [6.45, 7) is 6.46. The average molecular weight is 439 g/mol. The average Bonchev–Trinajstić information content (AvgIpc) is 3.18. The summed E-state index contributed by atoms with van der Waals surface area (Å²) in [7, 11) is 0. The summed E-state index contributed by atoms with van der Waals surface area (Å²) in [5.74, 6) is 0.457. The molecular weight excluding hydrogens is 412 g/mol. The number of nitrogens with zero attached hydrogens (tertiary/aromatic N) is 3. The van der Waals surface area contributed by atoms with Gasteiger partial charge in [-0.15, -0.1) is 11.3 Å². The minimum absolute atomic E-state index is 0.0571. The predicted octanol–water partition coefficient (Wildman–Crippen LogP) is 3.68. The number of amides is 2. The molecule has 0 spiro atoms. The molecule has 3 aromatic rings. The second-order valence-corrected chi connectivity index (χ2v) is 8.06. The van der Waals surface area contributed by atoms with E-state index in [1.807, 2.05) is 49.6 Å². The first-order chi connectivity index (χ1) is 14.9. The van der Waals surface area contributed by atoms with Crippen molar-refractivity contribution >= 4 is 34.2 Å². The largest absolute Gasteiger partial charge is 0.354 e. The number of aryl methyl sites for hydroxylation is 2. The van der Waals surface area contributed by atoms with Gasteiger partial charge in [-0.25, -0.2) is 15.0 Å². The fourth-order valence-electron chi connectivity index (χ4n) is 2.92. The number of benzene rings is 1. The third-order valence-electron chi connectivity index (χ3n) is 4.39. The van der Waals surface area contributed by atoms with Crippen molar-refractivity contribution in [2.24, 2.45) is 0 Å². The van der Waals surface area contributed by atoms with Gasteiger partial charge in [-0.1, -0.05) is 24.3 Å². The van der Waals surface area contributed by atoms with E-state index in [1.165, 1.54) is 18.3 Å². The molecule has 0 aliphatic rings. The van der Waals surface area contributed by atoms with Crippen molar-refractivity contribution in [3.05, 3.63) is 52.7 Å². The molecule has 0 saturated heterocycles. The zero-order chi connectivity index (χ0) is 22.2. The minimum Gasteiger partial charge on any atom is -0.354 e. The Hall–Kier alpha value is -3.33. The molecular formula is C22H26N6O2S. The molecule has 3 N–H and O–H groups in total. The Bertz CT molecular complexity index is 1030. The summed E-state index contributed by atoms with van der Waals surface area (Å²) in [6.07, 6.45) is 1.04. The SMILES string of the molecule is CC(=O)NCc1ccc(-c2csc(NC(=O)CCCNc3nc(C)cc(C)n3)n2)cc1. The van der Waals surface area contributed by atoms with Crippen LogP contribution in [0.15, 0.2) is 35.7 Å². The molecule has 0 bridgehead atoms. The van der Waals surface area contributed by atoms with E-state index in [0.29, 0.717) is 37.0 Å². The number of rotatable bonds is 9. The van der Waals surface area contributed by atoms with Crippen LogP contribution in [0.4, 0.5) is 11.1 Å². The van der Waals surface area contributed by atoms with Gasteiger partial charge in [-0.2, -0.15) is 0 Å². The number of thiazole rings is 1. The van der Waals surface area contributed by atoms with Gasteiger partial charge in [0.05, 0.1) is 5.69 Å². The van der Waals surface area contributed by atoms with E-state index in [4.69, 9.17) is 0 Å². The van der Waals surface area contributed by atoms with Gasteiger partial charge in [-0.05, 0) is 31.9 Å². The van der Waals surface area contributed by atoms with Crippen LogP contribution in [-0.2, 0) is 16.1 Å². The Kier molecular flexibility index (Phi) is 7.66. The van der Waals surface area contributed by atoms with E-state index in [1.54, 1.807) is 0 Å². The molecule has 0 saturated carbocycles. The van der Waals surface area contributed by atoms with E-state index in [0.717, 1.165) is 28.2 Å². The van der Waals surface area contributed by atoms with E-state index in [9.17, 15) is 9.59 Å². The summed E-state index contributed by atoms with van der Waals surface area (Å²) in [4.78, 5) is 36.4. The Labute approximate surface area is 185 Å². The van der Waals surface area contributed by atoms with Crippen molar-refractivity contribution in [2.75, 3.05) is 17.2 Å². The van der Waals surface area contributed by atoms with Gasteiger partial charge in [0.25, 0.3) is 0 Å². The number of anilines is 2. The van der Waals surface area contributed by atoms with Crippen LogP contribution in [0.1, 0.15) is 36.7 Å². The number of nitrogens with one attached hydrogen (secondary N) is 3. The van der Waals surface area contributed by atoms with Crippen LogP contribution in [0, 0.1) is 13.8 Å². The second-order valence-electron chi connectivity index (χ2n) is 7.20. The first-order valence-electron chi connectivity index (χ1n) is 10.0. The maximum atomic E-state index is 12.2. The van der Waals surface area contributed by atoms with Crippen molar-refractivity contribution in [3.63, 3.8) is 0 Å². The van der Waals surface area contributed by atoms with Gasteiger partial charge in [0.1, 0.15) is 0 Å². The molecule has 3 rings (SSSR count). The van der Waals surface area contributed by atoms with Crippen LogP contribution >= 0.6 is 11.3 Å². The quantitative estimate of drug-likeness (QED) is 0.440. The monoisotopic (exact) mass is 438 g/mol. The summed E-state index contributed by atoms with van der Waals surface area (Å²) in [5.41, 5.74) is 4.60. The Morgan fingerprint density at radius 2 is 1.74 bits per heavy atom. The van der Waals surface area contributed by atoms with Crippen LogP contribution in [-0.4, -0.2) is 33.3 Å². The highest BCUT2D eigenvalue weighted by molar-refractivity contribution is 7.14. The molecule has 0 aliphatic carbocycles. The third kappa shape index (κ3) is 7.14. The first-order valence-corrected chi connectivity index (χ1v) is 10.9. The maximum Gasteiger partial charge on any atom is 0.226 e. The lowest BCUT2D eigenvalue weighted by Crippen LogP contribution is -2.18. The smallest absolute Gasteiger partial charge is 0.226 e. The van der Waals surface area contributed by atoms with Crippen molar-refractivity contribution in [2.45, 2.75) is 40.2 Å². The van der Waals surface area contributed by atoms with Crippen LogP contribution in [0.3, 0.4) is 0 Å². The van der Waals surface area contributed by atoms with E-state index in [2.05, 4.69) is 30.9 Å². The van der Waals surface area contributed by atoms with Gasteiger partial charge >= 0.3 is 0 Å². The van der Waals surface area contributed by atoms with Crippen molar-refractivity contribution in [1.29, 1.82) is 0 Å². The molecule has 31 heavy (non-hydrogen) atoms. The minimum atomic E-state index is -0.0744. The summed E-state index contributed by atoms with van der Waals surface area (Å²) in [6, 6.07) is 9.74. The molecule has 2 amide bonds. The highest BCUT2D eigenvalue weighted by Gasteiger charge is 2.09. The van der Waals surface area contributed by atoms with E-state index >= 15 is 0 Å². The summed E-state index contributed by atoms with van der Waals surface area (Å²) < 4.78 is 0. The van der Waals surface area contributed by atoms with E-state index in [-0.39, 0.29) is 11.8 Å². The Morgan fingerprint density at radius 3 is 2.42 bits per heavy atom. The second kappa shape index (κ2) is 10.6. The lowest BCUT2D eigenvalue weighted by Gasteiger charge is -2.06. The summed E-state index contributed by atoms with van der Waals surface area (Å²) in [5, 5.41) is 11.3. The topological polar surface area (TPSA) is 109 Å². The van der Waals surface area contributed by atoms with Crippen molar-refractivity contribution < 1.29 is 9.59 Å². The molecule has 8 nitrogen and oxygen atoms in total. The highest BCUT2D eigenvalue weighted by atomic mass is 32.1. The van der Waals surface area contributed by atoms with Crippen LogP contribution in [0.25, 0.3) is 11.3 Å². The molecule has 0 radical (unpaired) electrons. The lowest BCUT2D eigenvalue weighted by atomic mass is 10.1. The molecule has 162 valence electrons. The van der Waals surface area contributed by atoms with Gasteiger partial charge in [0, 0.05) is 48.8 Å². The Balaban J connectivity index is 1.44. The van der Waals surface area contributed by atoms with Crippen LogP contribution in [0.5, 0.6) is 0 Å². The zero-order valence-electron chi connectivity index (χ0n) is 17.9. The molecule has 1 aromatic carbocycles. The molecule has 9 heteroatoms. The molecule has 2 heterocycles. The molecule has 0 unspecified atom stereocenters.